The van der Waals surface area contributed by atoms with Crippen molar-refractivity contribution in [3.63, 3.8) is 0 Å². The molecule has 0 aliphatic rings. The normalized spacial score (nSPS) is 11.0. The van der Waals surface area contributed by atoms with Gasteiger partial charge in [-0.05, 0) is 53.6 Å². The predicted octanol–water partition coefficient (Wildman–Crippen LogP) is 11.8. The van der Waals surface area contributed by atoms with Crippen molar-refractivity contribution in [1.82, 2.24) is 39.9 Å². The Balaban J connectivity index is 1.05. The van der Waals surface area contributed by atoms with Crippen LogP contribution >= 0.6 is 0 Å². The second kappa shape index (κ2) is 16.2. The van der Waals surface area contributed by atoms with E-state index >= 15 is 0 Å². The average Bonchev–Trinajstić information content (AvgIpc) is 3.35. The third kappa shape index (κ3) is 7.68. The molecule has 8 nitrogen and oxygen atoms in total. The summed E-state index contributed by atoms with van der Waals surface area (Å²) in [7, 11) is 0. The average molecular weight is 771 g/mol. The van der Waals surface area contributed by atoms with Gasteiger partial charge in [0.15, 0.2) is 23.3 Å². The molecule has 0 bridgehead atoms. The molecule has 0 fully saturated rings. The molecule has 0 N–H and O–H groups in total. The van der Waals surface area contributed by atoms with Gasteiger partial charge in [0.05, 0.1) is 34.2 Å². The molecule has 0 saturated carbocycles. The van der Waals surface area contributed by atoms with E-state index in [1.54, 1.807) is 6.20 Å². The molecule has 5 aromatic heterocycles. The van der Waals surface area contributed by atoms with Crippen LogP contribution < -0.4 is 0 Å². The molecular weight excluding hydrogens is 737 g/mol. The van der Waals surface area contributed by atoms with E-state index in [2.05, 4.69) is 36.4 Å². The summed E-state index contributed by atoms with van der Waals surface area (Å²) in [6.45, 7) is 0. The molecule has 0 amide bonds. The van der Waals surface area contributed by atoms with Crippen LogP contribution in [0.5, 0.6) is 0 Å². The molecule has 0 aliphatic heterocycles. The van der Waals surface area contributed by atoms with Crippen LogP contribution in [-0.2, 0) is 0 Å². The molecule has 0 unspecified atom stereocenters. The number of aromatic nitrogens is 8. The van der Waals surface area contributed by atoms with Gasteiger partial charge in [0.1, 0.15) is 0 Å². The van der Waals surface area contributed by atoms with E-state index in [1.165, 1.54) is 0 Å². The van der Waals surface area contributed by atoms with Crippen molar-refractivity contribution in [2.45, 2.75) is 0 Å². The van der Waals surface area contributed by atoms with Gasteiger partial charge in [0, 0.05) is 45.8 Å². The number of nitrogens with zero attached hydrogens (tertiary/aromatic N) is 8. The second-order valence-electron chi connectivity index (χ2n) is 14.1. The van der Waals surface area contributed by atoms with Crippen molar-refractivity contribution < 1.29 is 0 Å². The maximum atomic E-state index is 5.17. The Bertz CT molecular complexity index is 2940. The number of benzene rings is 5. The van der Waals surface area contributed by atoms with E-state index in [0.29, 0.717) is 46.1 Å². The largest absolute Gasteiger partial charge is 0.255 e. The van der Waals surface area contributed by atoms with Crippen LogP contribution in [0.3, 0.4) is 0 Å². The molecule has 0 radical (unpaired) electrons. The lowest BCUT2D eigenvalue weighted by molar-refractivity contribution is 1.07. The summed E-state index contributed by atoms with van der Waals surface area (Å²) >= 11 is 0. The maximum absolute atomic E-state index is 5.17. The molecule has 0 atom stereocenters. The van der Waals surface area contributed by atoms with E-state index in [-0.39, 0.29) is 0 Å². The van der Waals surface area contributed by atoms with Crippen molar-refractivity contribution in [3.05, 3.63) is 207 Å². The topological polar surface area (TPSA) is 103 Å². The van der Waals surface area contributed by atoms with Crippen molar-refractivity contribution >= 4 is 0 Å². The highest BCUT2D eigenvalue weighted by Gasteiger charge is 2.17. The summed E-state index contributed by atoms with van der Waals surface area (Å²) in [5.41, 5.74) is 11.9. The molecule has 8 heteroatoms. The predicted molar refractivity (Wildman–Crippen MR) is 238 cm³/mol. The van der Waals surface area contributed by atoms with E-state index in [0.717, 1.165) is 55.9 Å². The molecule has 0 spiro atoms. The van der Waals surface area contributed by atoms with Crippen LogP contribution in [0, 0.1) is 0 Å². The monoisotopic (exact) mass is 770 g/mol. The molecule has 0 aliphatic carbocycles. The number of hydrogen-bond donors (Lipinski definition) is 0. The Labute approximate surface area is 347 Å². The standard InChI is InChI=1S/C52H34N8/c1-6-16-35(17-7-1)42-31-47(43-27-26-41(34-54-43)45-33-44(36-18-8-2-9-19-36)56-49(57-45)37-20-10-3-11-21-37)55-48(32-42)46-30-40(28-29-53-46)52-59-50(38-22-12-4-13-23-38)58-51(60-52)39-24-14-5-15-25-39/h1-34H. The molecular formula is C52H34N8. The number of pyridine rings is 3. The molecule has 0 saturated heterocycles. The van der Waals surface area contributed by atoms with Crippen molar-refractivity contribution in [2.24, 2.45) is 0 Å². The Morgan fingerprint density at radius 2 is 0.650 bits per heavy atom. The van der Waals surface area contributed by atoms with Crippen LogP contribution in [0.1, 0.15) is 0 Å². The van der Waals surface area contributed by atoms with Crippen molar-refractivity contribution in [1.29, 1.82) is 0 Å². The highest BCUT2D eigenvalue weighted by molar-refractivity contribution is 5.78. The van der Waals surface area contributed by atoms with Crippen LogP contribution in [0.15, 0.2) is 207 Å². The SMILES string of the molecule is c1ccc(-c2cc(-c3ccc(-c4cc(-c5ccccc5)nc(-c5ccccc5)n4)cn3)nc(-c3cc(-c4nc(-c5ccccc5)nc(-c5ccccc5)n4)ccn3)c2)cc1. The Hall–Kier alpha value is -8.36. The highest BCUT2D eigenvalue weighted by Crippen LogP contribution is 2.33. The zero-order chi connectivity index (χ0) is 40.1. The molecule has 10 rings (SSSR count). The fraction of sp³-hybridized carbons (Fsp3) is 0. The van der Waals surface area contributed by atoms with Gasteiger partial charge in [0.25, 0.3) is 0 Å². The molecule has 10 aromatic rings. The van der Waals surface area contributed by atoms with E-state index < -0.39 is 0 Å². The van der Waals surface area contributed by atoms with Gasteiger partial charge < -0.3 is 0 Å². The minimum absolute atomic E-state index is 0.540. The smallest absolute Gasteiger partial charge is 0.164 e. The van der Waals surface area contributed by atoms with Crippen molar-refractivity contribution in [3.8, 4) is 102 Å². The molecule has 5 aromatic carbocycles. The first kappa shape index (κ1) is 36.0. The zero-order valence-electron chi connectivity index (χ0n) is 32.2. The first-order chi connectivity index (χ1) is 29.7. The maximum Gasteiger partial charge on any atom is 0.164 e. The summed E-state index contributed by atoms with van der Waals surface area (Å²) in [5, 5.41) is 0. The van der Waals surface area contributed by atoms with Gasteiger partial charge in [-0.2, -0.15) is 0 Å². The van der Waals surface area contributed by atoms with Gasteiger partial charge >= 0.3 is 0 Å². The fourth-order valence-electron chi connectivity index (χ4n) is 7.00. The fourth-order valence-corrected chi connectivity index (χ4v) is 7.00. The summed E-state index contributed by atoms with van der Waals surface area (Å²) in [6, 6.07) is 64.5. The summed E-state index contributed by atoms with van der Waals surface area (Å²) < 4.78 is 0. The van der Waals surface area contributed by atoms with Crippen LogP contribution in [0.2, 0.25) is 0 Å². The summed E-state index contributed by atoms with van der Waals surface area (Å²) in [6.07, 6.45) is 3.63. The van der Waals surface area contributed by atoms with Crippen LogP contribution in [0.25, 0.3) is 102 Å². The lowest BCUT2D eigenvalue weighted by Gasteiger charge is -2.12. The first-order valence-electron chi connectivity index (χ1n) is 19.6. The molecule has 5 heterocycles. The first-order valence-corrected chi connectivity index (χ1v) is 19.6. The van der Waals surface area contributed by atoms with Gasteiger partial charge in [-0.25, -0.2) is 29.9 Å². The number of hydrogen-bond acceptors (Lipinski definition) is 8. The second-order valence-corrected chi connectivity index (χ2v) is 14.1. The third-order valence-corrected chi connectivity index (χ3v) is 10.1. The Kier molecular flexibility index (Phi) is 9.75. The molecule has 60 heavy (non-hydrogen) atoms. The van der Waals surface area contributed by atoms with E-state index in [1.807, 2.05) is 164 Å². The van der Waals surface area contributed by atoms with E-state index in [9.17, 15) is 0 Å². The van der Waals surface area contributed by atoms with Gasteiger partial charge in [-0.3, -0.25) is 9.97 Å². The van der Waals surface area contributed by atoms with Crippen LogP contribution in [0.4, 0.5) is 0 Å². The zero-order valence-corrected chi connectivity index (χ0v) is 32.2. The summed E-state index contributed by atoms with van der Waals surface area (Å²) in [5.74, 6) is 2.37. The lowest BCUT2D eigenvalue weighted by atomic mass is 10.0. The summed E-state index contributed by atoms with van der Waals surface area (Å²) in [4.78, 5) is 39.7. The Morgan fingerprint density at radius 3 is 1.17 bits per heavy atom. The highest BCUT2D eigenvalue weighted by atomic mass is 15.0. The van der Waals surface area contributed by atoms with Gasteiger partial charge in [-0.15, -0.1) is 0 Å². The molecule has 282 valence electrons. The minimum atomic E-state index is 0.540. The lowest BCUT2D eigenvalue weighted by Crippen LogP contribution is -2.01. The van der Waals surface area contributed by atoms with Crippen molar-refractivity contribution in [2.75, 3.05) is 0 Å². The van der Waals surface area contributed by atoms with Gasteiger partial charge in [-0.1, -0.05) is 152 Å². The quantitative estimate of drug-likeness (QED) is 0.143. The third-order valence-electron chi connectivity index (χ3n) is 10.1. The Morgan fingerprint density at radius 1 is 0.217 bits per heavy atom. The van der Waals surface area contributed by atoms with Crippen LogP contribution in [-0.4, -0.2) is 39.9 Å². The van der Waals surface area contributed by atoms with E-state index in [4.69, 9.17) is 39.9 Å². The van der Waals surface area contributed by atoms with Gasteiger partial charge in [0.2, 0.25) is 0 Å². The number of rotatable bonds is 9. The minimum Gasteiger partial charge on any atom is -0.255 e.